The number of rotatable bonds is 8. The monoisotopic (exact) mass is 204 g/mol. The van der Waals surface area contributed by atoms with Crippen molar-refractivity contribution >= 4 is 0 Å². The Hall–Kier alpha value is -0.920. The van der Waals surface area contributed by atoms with Gasteiger partial charge in [-0.05, 0) is 23.8 Å². The van der Waals surface area contributed by atoms with Crippen LogP contribution >= 0.6 is 0 Å². The fourth-order valence-corrected chi connectivity index (χ4v) is 1.03. The van der Waals surface area contributed by atoms with E-state index < -0.39 is 12.5 Å². The lowest BCUT2D eigenvalue weighted by Crippen LogP contribution is -2.40. The number of nitroso groups, excluding NO2 is 2. The Balaban J connectivity index is 4.24. The first-order valence-electron chi connectivity index (χ1n) is 4.41. The van der Waals surface area contributed by atoms with E-state index in [0.29, 0.717) is 6.42 Å². The molecule has 0 radical (unpaired) electrons. The molecule has 0 bridgehead atoms. The van der Waals surface area contributed by atoms with E-state index in [0.717, 1.165) is 0 Å². The van der Waals surface area contributed by atoms with Crippen LogP contribution in [0, 0.1) is 9.81 Å². The minimum atomic E-state index is -1.01. The second kappa shape index (κ2) is 7.48. The maximum absolute atomic E-state index is 10.4. The molecule has 0 fully saturated rings. The highest BCUT2D eigenvalue weighted by molar-refractivity contribution is 4.73. The molecule has 82 valence electrons. The van der Waals surface area contributed by atoms with E-state index in [1.807, 2.05) is 6.92 Å². The molecule has 0 aliphatic rings. The van der Waals surface area contributed by atoms with E-state index >= 15 is 0 Å². The molecule has 0 aliphatic carbocycles. The standard InChI is InChI=1S/C7H16N4O3/c1-3-5(9-2)7(11-13)14-6(4-8)10-12/h5-7,9H,3-4,8H2,1-2H3. The van der Waals surface area contributed by atoms with Crippen molar-refractivity contribution in [1.29, 1.82) is 0 Å². The van der Waals surface area contributed by atoms with E-state index in [-0.39, 0.29) is 12.6 Å². The Morgan fingerprint density at radius 1 is 1.43 bits per heavy atom. The van der Waals surface area contributed by atoms with Gasteiger partial charge in [0.05, 0.1) is 6.04 Å². The SMILES string of the molecule is CCC(NC)C(N=O)OC(CN)N=O. The number of nitrogens with one attached hydrogen (secondary N) is 1. The molecule has 3 N–H and O–H groups in total. The lowest BCUT2D eigenvalue weighted by molar-refractivity contribution is -0.0187. The molecule has 7 heteroatoms. The van der Waals surface area contributed by atoms with Crippen LogP contribution in [0.15, 0.2) is 10.4 Å². The van der Waals surface area contributed by atoms with Gasteiger partial charge in [-0.25, -0.2) is 0 Å². The molecule has 3 unspecified atom stereocenters. The summed E-state index contributed by atoms with van der Waals surface area (Å²) in [6.07, 6.45) is -1.29. The Kier molecular flexibility index (Phi) is 6.99. The predicted octanol–water partition coefficient (Wildman–Crippen LogP) is 0.145. The third kappa shape index (κ3) is 3.86. The number of ether oxygens (including phenoxy) is 1. The number of hydrogen-bond acceptors (Lipinski definition) is 7. The zero-order valence-electron chi connectivity index (χ0n) is 8.34. The average Bonchev–Trinajstić information content (AvgIpc) is 2.24. The zero-order valence-corrected chi connectivity index (χ0v) is 8.34. The van der Waals surface area contributed by atoms with Gasteiger partial charge in [0.2, 0.25) is 12.5 Å². The van der Waals surface area contributed by atoms with Crippen molar-refractivity contribution in [1.82, 2.24) is 5.32 Å². The summed E-state index contributed by atoms with van der Waals surface area (Å²) in [6.45, 7) is 1.81. The van der Waals surface area contributed by atoms with Gasteiger partial charge in [0.15, 0.2) is 0 Å². The molecule has 0 amide bonds. The van der Waals surface area contributed by atoms with Crippen LogP contribution in [0.3, 0.4) is 0 Å². The highest BCUT2D eigenvalue weighted by atomic mass is 16.5. The van der Waals surface area contributed by atoms with Crippen LogP contribution in [0.4, 0.5) is 0 Å². The quantitative estimate of drug-likeness (QED) is 0.547. The van der Waals surface area contributed by atoms with Gasteiger partial charge < -0.3 is 15.8 Å². The van der Waals surface area contributed by atoms with E-state index in [9.17, 15) is 9.81 Å². The lowest BCUT2D eigenvalue weighted by Gasteiger charge is -2.21. The molecule has 0 aliphatic heterocycles. The van der Waals surface area contributed by atoms with E-state index in [1.165, 1.54) is 0 Å². The van der Waals surface area contributed by atoms with Crippen LogP contribution in [0.25, 0.3) is 0 Å². The first-order valence-corrected chi connectivity index (χ1v) is 4.41. The van der Waals surface area contributed by atoms with Gasteiger partial charge in [-0.15, -0.1) is 9.81 Å². The number of nitrogens with two attached hydrogens (primary N) is 1. The first kappa shape index (κ1) is 13.1. The van der Waals surface area contributed by atoms with Gasteiger partial charge in [0.25, 0.3) is 0 Å². The molecular weight excluding hydrogens is 188 g/mol. The largest absolute Gasteiger partial charge is 0.326 e. The maximum Gasteiger partial charge on any atom is 0.207 e. The normalized spacial score (nSPS) is 17.1. The molecule has 0 aromatic carbocycles. The average molecular weight is 204 g/mol. The fourth-order valence-electron chi connectivity index (χ4n) is 1.03. The Morgan fingerprint density at radius 2 is 2.07 bits per heavy atom. The molecule has 3 atom stereocenters. The van der Waals surface area contributed by atoms with E-state index in [1.54, 1.807) is 7.05 Å². The van der Waals surface area contributed by atoms with Gasteiger partial charge in [-0.1, -0.05) is 6.92 Å². The Labute approximate surface area is 82.3 Å². The van der Waals surface area contributed by atoms with Crippen molar-refractivity contribution in [3.05, 3.63) is 9.81 Å². The lowest BCUT2D eigenvalue weighted by atomic mass is 10.2. The summed E-state index contributed by atoms with van der Waals surface area (Å²) in [5, 5.41) is 8.25. The van der Waals surface area contributed by atoms with Gasteiger partial charge in [-0.2, -0.15) is 0 Å². The van der Waals surface area contributed by atoms with Crippen molar-refractivity contribution in [2.45, 2.75) is 31.8 Å². The minimum Gasteiger partial charge on any atom is -0.326 e. The summed E-state index contributed by atoms with van der Waals surface area (Å²) >= 11 is 0. The van der Waals surface area contributed by atoms with Crippen molar-refractivity contribution in [2.75, 3.05) is 13.6 Å². The Bertz CT molecular complexity index is 174. The van der Waals surface area contributed by atoms with Crippen LogP contribution in [0.2, 0.25) is 0 Å². The first-order chi connectivity index (χ1) is 6.73. The fraction of sp³-hybridized carbons (Fsp3) is 1.00. The van der Waals surface area contributed by atoms with Gasteiger partial charge in [-0.3, -0.25) is 0 Å². The molecule has 0 saturated heterocycles. The molecule has 0 rings (SSSR count). The van der Waals surface area contributed by atoms with Gasteiger partial charge >= 0.3 is 0 Å². The number of hydrogen-bond donors (Lipinski definition) is 2. The van der Waals surface area contributed by atoms with Crippen molar-refractivity contribution in [3.63, 3.8) is 0 Å². The molecule has 14 heavy (non-hydrogen) atoms. The van der Waals surface area contributed by atoms with Crippen molar-refractivity contribution < 1.29 is 4.74 Å². The van der Waals surface area contributed by atoms with Crippen LogP contribution in [0.5, 0.6) is 0 Å². The molecule has 7 nitrogen and oxygen atoms in total. The zero-order chi connectivity index (χ0) is 11.0. The number of nitrogens with zero attached hydrogens (tertiary/aromatic N) is 2. The van der Waals surface area contributed by atoms with Crippen LogP contribution in [-0.2, 0) is 4.74 Å². The summed E-state index contributed by atoms with van der Waals surface area (Å²) in [6, 6.07) is -0.233. The van der Waals surface area contributed by atoms with E-state index in [2.05, 4.69) is 15.7 Å². The highest BCUT2D eigenvalue weighted by Gasteiger charge is 2.23. The van der Waals surface area contributed by atoms with Crippen molar-refractivity contribution in [2.24, 2.45) is 16.1 Å². The van der Waals surface area contributed by atoms with Crippen LogP contribution < -0.4 is 11.1 Å². The third-order valence-corrected chi connectivity index (χ3v) is 1.87. The topological polar surface area (TPSA) is 106 Å². The molecule has 0 aromatic rings. The van der Waals surface area contributed by atoms with Gasteiger partial charge in [0.1, 0.15) is 0 Å². The third-order valence-electron chi connectivity index (χ3n) is 1.87. The molecule has 0 spiro atoms. The number of likely N-dealkylation sites (N-methyl/N-ethyl adjacent to an activating group) is 1. The predicted molar refractivity (Wildman–Crippen MR) is 52.4 cm³/mol. The molecular formula is C7H16N4O3. The second-order valence-corrected chi connectivity index (χ2v) is 2.73. The maximum atomic E-state index is 10.4. The molecule has 0 saturated carbocycles. The summed E-state index contributed by atoms with van der Waals surface area (Å²) in [7, 11) is 1.68. The second-order valence-electron chi connectivity index (χ2n) is 2.73. The minimum absolute atomic E-state index is 0.0599. The Morgan fingerprint density at radius 3 is 2.36 bits per heavy atom. The van der Waals surface area contributed by atoms with E-state index in [4.69, 9.17) is 10.5 Å². The van der Waals surface area contributed by atoms with Gasteiger partial charge in [0, 0.05) is 6.54 Å². The smallest absolute Gasteiger partial charge is 0.207 e. The highest BCUT2D eigenvalue weighted by Crippen LogP contribution is 2.08. The molecule has 0 heterocycles. The summed E-state index contributed by atoms with van der Waals surface area (Å²) < 4.78 is 5.00. The summed E-state index contributed by atoms with van der Waals surface area (Å²) in [5.41, 5.74) is 5.19. The summed E-state index contributed by atoms with van der Waals surface area (Å²) in [5.74, 6) is 0. The van der Waals surface area contributed by atoms with Crippen LogP contribution in [0.1, 0.15) is 13.3 Å². The van der Waals surface area contributed by atoms with Crippen LogP contribution in [-0.4, -0.2) is 32.1 Å². The molecule has 0 aromatic heterocycles. The van der Waals surface area contributed by atoms with Crippen molar-refractivity contribution in [3.8, 4) is 0 Å². The summed E-state index contributed by atoms with van der Waals surface area (Å²) in [4.78, 5) is 20.6.